The van der Waals surface area contributed by atoms with Crippen LogP contribution in [0.2, 0.25) is 0 Å². The zero-order valence-corrected chi connectivity index (χ0v) is 19.9. The molecule has 1 saturated heterocycles. The van der Waals surface area contributed by atoms with Gasteiger partial charge in [-0.05, 0) is 61.8 Å². The van der Waals surface area contributed by atoms with Gasteiger partial charge in [0, 0.05) is 12.1 Å². The molecule has 8 heteroatoms. The molecule has 2 N–H and O–H groups in total. The van der Waals surface area contributed by atoms with Crippen LogP contribution in [0.1, 0.15) is 34.8 Å². The highest BCUT2D eigenvalue weighted by Gasteiger charge is 2.24. The van der Waals surface area contributed by atoms with E-state index < -0.39 is 10.0 Å². The van der Waals surface area contributed by atoms with Crippen LogP contribution < -0.4 is 14.8 Å². The number of sulfonamides is 1. The molecule has 1 unspecified atom stereocenters. The van der Waals surface area contributed by atoms with Gasteiger partial charge < -0.3 is 10.1 Å². The van der Waals surface area contributed by atoms with E-state index in [9.17, 15) is 13.2 Å². The van der Waals surface area contributed by atoms with E-state index >= 15 is 0 Å². The standard InChI is InChI=1S/C26H29N3O4S/c1-33-25-15-6-5-14-23(25)28-34(31,32)22-13-9-12-21(18-22)26(30)27-19-24(29-16-7-8-17-29)20-10-3-2-4-11-20/h2-6,9-15,18,24,28H,7-8,16-17,19H2,1H3,(H,27,30). The molecule has 0 spiro atoms. The quantitative estimate of drug-likeness (QED) is 0.483. The number of para-hydroxylation sites is 2. The summed E-state index contributed by atoms with van der Waals surface area (Å²) >= 11 is 0. The fourth-order valence-corrected chi connectivity index (χ4v) is 5.33. The lowest BCUT2D eigenvalue weighted by atomic mass is 10.1. The van der Waals surface area contributed by atoms with Crippen LogP contribution in [0.3, 0.4) is 0 Å². The van der Waals surface area contributed by atoms with Crippen LogP contribution >= 0.6 is 0 Å². The molecule has 1 atom stereocenters. The van der Waals surface area contributed by atoms with Gasteiger partial charge in [0.2, 0.25) is 0 Å². The van der Waals surface area contributed by atoms with Gasteiger partial charge in [-0.15, -0.1) is 0 Å². The van der Waals surface area contributed by atoms with Crippen LogP contribution in [-0.4, -0.2) is 46.0 Å². The second-order valence-corrected chi connectivity index (χ2v) is 9.90. The molecule has 1 amide bonds. The Labute approximate surface area is 200 Å². The van der Waals surface area contributed by atoms with E-state index in [1.165, 1.54) is 19.2 Å². The Morgan fingerprint density at radius 3 is 2.41 bits per heavy atom. The SMILES string of the molecule is COc1ccccc1NS(=O)(=O)c1cccc(C(=O)NCC(c2ccccc2)N2CCCC2)c1. The number of carbonyl (C=O) groups excluding carboxylic acids is 1. The minimum absolute atomic E-state index is 0.00482. The minimum atomic E-state index is -3.91. The normalized spacial score (nSPS) is 15.0. The van der Waals surface area contributed by atoms with Crippen molar-refractivity contribution >= 4 is 21.6 Å². The molecule has 178 valence electrons. The number of hydrogen-bond acceptors (Lipinski definition) is 5. The van der Waals surface area contributed by atoms with Crippen molar-refractivity contribution in [2.75, 3.05) is 31.5 Å². The lowest BCUT2D eigenvalue weighted by Crippen LogP contribution is -2.36. The predicted octanol–water partition coefficient (Wildman–Crippen LogP) is 4.06. The first kappa shape index (κ1) is 23.8. The maximum atomic E-state index is 13.0. The van der Waals surface area contributed by atoms with E-state index in [2.05, 4.69) is 27.1 Å². The van der Waals surface area contributed by atoms with E-state index in [1.54, 1.807) is 36.4 Å². The number of amides is 1. The van der Waals surface area contributed by atoms with Crippen molar-refractivity contribution in [3.63, 3.8) is 0 Å². The summed E-state index contributed by atoms with van der Waals surface area (Å²) in [4.78, 5) is 15.4. The van der Waals surface area contributed by atoms with Gasteiger partial charge in [0.15, 0.2) is 0 Å². The van der Waals surface area contributed by atoms with Gasteiger partial charge in [-0.1, -0.05) is 48.5 Å². The number of ether oxygens (including phenoxy) is 1. The van der Waals surface area contributed by atoms with Gasteiger partial charge in [-0.3, -0.25) is 14.4 Å². The van der Waals surface area contributed by atoms with E-state index in [0.717, 1.165) is 31.5 Å². The molecule has 1 aliphatic heterocycles. The van der Waals surface area contributed by atoms with Crippen LogP contribution in [0, 0.1) is 0 Å². The predicted molar refractivity (Wildman–Crippen MR) is 133 cm³/mol. The van der Waals surface area contributed by atoms with Crippen molar-refractivity contribution in [2.45, 2.75) is 23.8 Å². The molecule has 3 aromatic carbocycles. The third-order valence-electron chi connectivity index (χ3n) is 5.98. The molecule has 1 heterocycles. The summed E-state index contributed by atoms with van der Waals surface area (Å²) in [5.41, 5.74) is 1.77. The summed E-state index contributed by atoms with van der Waals surface area (Å²) in [5.74, 6) is 0.100. The molecular formula is C26H29N3O4S. The molecule has 0 saturated carbocycles. The second kappa shape index (κ2) is 10.7. The van der Waals surface area contributed by atoms with E-state index in [-0.39, 0.29) is 22.4 Å². The maximum absolute atomic E-state index is 13.0. The highest BCUT2D eigenvalue weighted by Crippen LogP contribution is 2.27. The molecular weight excluding hydrogens is 450 g/mol. The Kier molecular flexibility index (Phi) is 7.49. The van der Waals surface area contributed by atoms with Gasteiger partial charge in [-0.2, -0.15) is 0 Å². The van der Waals surface area contributed by atoms with Crippen LogP contribution in [0.25, 0.3) is 0 Å². The van der Waals surface area contributed by atoms with E-state index in [0.29, 0.717) is 18.0 Å². The van der Waals surface area contributed by atoms with Crippen molar-refractivity contribution in [1.82, 2.24) is 10.2 Å². The molecule has 1 aliphatic rings. The van der Waals surface area contributed by atoms with Crippen LogP contribution in [0.4, 0.5) is 5.69 Å². The number of rotatable bonds is 9. The summed E-state index contributed by atoms with van der Waals surface area (Å²) in [6.45, 7) is 2.44. The van der Waals surface area contributed by atoms with Gasteiger partial charge >= 0.3 is 0 Å². The van der Waals surface area contributed by atoms with E-state index in [1.807, 2.05) is 18.2 Å². The smallest absolute Gasteiger partial charge is 0.262 e. The summed E-state index contributed by atoms with van der Waals surface area (Å²) in [5, 5.41) is 3.01. The molecule has 34 heavy (non-hydrogen) atoms. The van der Waals surface area contributed by atoms with Crippen LogP contribution in [-0.2, 0) is 10.0 Å². The van der Waals surface area contributed by atoms with E-state index in [4.69, 9.17) is 4.74 Å². The number of carbonyl (C=O) groups is 1. The first-order valence-corrected chi connectivity index (χ1v) is 12.8. The zero-order chi connectivity index (χ0) is 24.0. The maximum Gasteiger partial charge on any atom is 0.262 e. The number of hydrogen-bond donors (Lipinski definition) is 2. The Hall–Kier alpha value is -3.36. The zero-order valence-electron chi connectivity index (χ0n) is 19.1. The topological polar surface area (TPSA) is 87.7 Å². The van der Waals surface area contributed by atoms with Gasteiger partial charge in [0.05, 0.1) is 23.7 Å². The van der Waals surface area contributed by atoms with Crippen LogP contribution in [0.15, 0.2) is 83.8 Å². The largest absolute Gasteiger partial charge is 0.495 e. The third-order valence-corrected chi connectivity index (χ3v) is 7.34. The number of nitrogens with one attached hydrogen (secondary N) is 2. The highest BCUT2D eigenvalue weighted by molar-refractivity contribution is 7.92. The monoisotopic (exact) mass is 479 g/mol. The van der Waals surface area contributed by atoms with Gasteiger partial charge in [-0.25, -0.2) is 8.42 Å². The van der Waals surface area contributed by atoms with Crippen LogP contribution in [0.5, 0.6) is 5.75 Å². The number of methoxy groups -OCH3 is 1. The summed E-state index contributed by atoms with van der Waals surface area (Å²) in [6, 6.07) is 23.0. The fraction of sp³-hybridized carbons (Fsp3) is 0.269. The molecule has 7 nitrogen and oxygen atoms in total. The Balaban J connectivity index is 1.49. The lowest BCUT2D eigenvalue weighted by molar-refractivity contribution is 0.0937. The molecule has 0 radical (unpaired) electrons. The Morgan fingerprint density at radius 2 is 1.68 bits per heavy atom. The Morgan fingerprint density at radius 1 is 0.971 bits per heavy atom. The number of nitrogens with zero attached hydrogens (tertiary/aromatic N) is 1. The molecule has 3 aromatic rings. The number of anilines is 1. The Bertz CT molecular complexity index is 1230. The average molecular weight is 480 g/mol. The highest BCUT2D eigenvalue weighted by atomic mass is 32.2. The number of likely N-dealkylation sites (tertiary alicyclic amines) is 1. The second-order valence-electron chi connectivity index (χ2n) is 8.21. The molecule has 0 aromatic heterocycles. The van der Waals surface area contributed by atoms with Gasteiger partial charge in [0.1, 0.15) is 5.75 Å². The third kappa shape index (κ3) is 5.58. The molecule has 0 aliphatic carbocycles. The average Bonchev–Trinajstić information content (AvgIpc) is 3.39. The minimum Gasteiger partial charge on any atom is -0.495 e. The van der Waals surface area contributed by atoms with Crippen molar-refractivity contribution in [2.24, 2.45) is 0 Å². The summed E-state index contributed by atoms with van der Waals surface area (Å²) < 4.78 is 33.7. The van der Waals surface area contributed by atoms with Crippen molar-refractivity contribution in [3.8, 4) is 5.75 Å². The molecule has 1 fully saturated rings. The van der Waals surface area contributed by atoms with Crippen molar-refractivity contribution in [1.29, 1.82) is 0 Å². The fourth-order valence-electron chi connectivity index (χ4n) is 4.21. The number of benzene rings is 3. The van der Waals surface area contributed by atoms with Gasteiger partial charge in [0.25, 0.3) is 15.9 Å². The first-order valence-electron chi connectivity index (χ1n) is 11.3. The van der Waals surface area contributed by atoms with Crippen molar-refractivity contribution in [3.05, 3.63) is 90.0 Å². The summed E-state index contributed by atoms with van der Waals surface area (Å²) in [7, 11) is -2.43. The first-order chi connectivity index (χ1) is 16.5. The lowest BCUT2D eigenvalue weighted by Gasteiger charge is -2.28. The molecule has 4 rings (SSSR count). The molecule has 0 bridgehead atoms. The summed E-state index contributed by atoms with van der Waals surface area (Å²) in [6.07, 6.45) is 2.30. The van der Waals surface area contributed by atoms with Crippen molar-refractivity contribution < 1.29 is 17.9 Å².